The van der Waals surface area contributed by atoms with Crippen LogP contribution in [0.2, 0.25) is 0 Å². The Labute approximate surface area is 375 Å². The van der Waals surface area contributed by atoms with Crippen molar-refractivity contribution < 1.29 is 9.47 Å². The van der Waals surface area contributed by atoms with Gasteiger partial charge in [0.05, 0.1) is 45.5 Å². The van der Waals surface area contributed by atoms with Crippen LogP contribution in [0.3, 0.4) is 0 Å². The number of fused-ring (bicyclic) bond motifs is 8. The molecule has 0 saturated carbocycles. The van der Waals surface area contributed by atoms with Crippen LogP contribution in [0.5, 0.6) is 23.0 Å². The zero-order valence-electron chi connectivity index (χ0n) is 34.6. The molecule has 0 fully saturated rings. The van der Waals surface area contributed by atoms with Gasteiger partial charge < -0.3 is 19.3 Å². The Bertz CT molecular complexity index is 3590. The van der Waals surface area contributed by atoms with Crippen LogP contribution in [-0.4, -0.2) is 31.6 Å². The second-order valence-electron chi connectivity index (χ2n) is 18.2. The van der Waals surface area contributed by atoms with E-state index in [4.69, 9.17) is 19.5 Å². The monoisotopic (exact) mass is 822 g/mol. The first kappa shape index (κ1) is 33.3. The summed E-state index contributed by atoms with van der Waals surface area (Å²) >= 11 is 0. The predicted molar refractivity (Wildman–Crippen MR) is 266 cm³/mol. The van der Waals surface area contributed by atoms with Gasteiger partial charge in [0.15, 0.2) is 23.0 Å². The number of ether oxygens (including phenoxy) is 2. The van der Waals surface area contributed by atoms with Gasteiger partial charge in [0.25, 0.3) is 6.71 Å². The van der Waals surface area contributed by atoms with E-state index in [0.717, 1.165) is 90.8 Å². The van der Waals surface area contributed by atoms with Gasteiger partial charge in [-0.3, -0.25) is 0 Å². The Morgan fingerprint density at radius 3 is 1.22 bits per heavy atom. The molecule has 0 spiro atoms. The first-order chi connectivity index (χ1) is 32.3. The van der Waals surface area contributed by atoms with Crippen molar-refractivity contribution in [3.05, 3.63) is 198 Å². The minimum atomic E-state index is -0.0756. The standard InChI is InChI=1S/C56H29B3N4O2/c1-3-13-30(14-4-1)60-49-32-17-7-9-19-36(32)57-40-29-41-54-48-53(40)62-51-38(21-11-23-42(51)64-44-27-25-34(49)46(57)55(44)62)59(48)39-22-12-24-43-52(39)63(54)56-45(65-43)28-26-35-47(56)58(41)37-20-10-8-18-33(37)50(35)61-31-15-5-2-6-16-31/h1-29H. The van der Waals surface area contributed by atoms with E-state index in [0.29, 0.717) is 0 Å². The molecule has 8 aliphatic rings. The summed E-state index contributed by atoms with van der Waals surface area (Å²) in [6.45, 7) is -0.217. The molecule has 0 amide bonds. The van der Waals surface area contributed by atoms with E-state index in [1.807, 2.05) is 0 Å². The molecule has 9 aromatic carbocycles. The Hall–Kier alpha value is -8.29. The molecule has 0 aromatic heterocycles. The van der Waals surface area contributed by atoms with Crippen molar-refractivity contribution in [2.45, 2.75) is 0 Å². The molecule has 0 radical (unpaired) electrons. The van der Waals surface area contributed by atoms with Crippen molar-refractivity contribution >= 4 is 126 Å². The average Bonchev–Trinajstić information content (AvgIpc) is 3.36. The molecule has 0 atom stereocenters. The number of nitrogens with zero attached hydrogens (tertiary/aromatic N) is 4. The maximum Gasteiger partial charge on any atom is 0.252 e. The molecular weight excluding hydrogens is 793 g/mol. The smallest absolute Gasteiger partial charge is 0.252 e. The lowest BCUT2D eigenvalue weighted by Crippen LogP contribution is -2.73. The molecule has 9 aromatic rings. The van der Waals surface area contributed by atoms with Crippen molar-refractivity contribution in [3.8, 4) is 23.0 Å². The summed E-state index contributed by atoms with van der Waals surface area (Å²) in [5.74, 6) is 3.51. The van der Waals surface area contributed by atoms with Gasteiger partial charge in [-0.2, -0.15) is 0 Å². The predicted octanol–water partition coefficient (Wildman–Crippen LogP) is 6.60. The summed E-state index contributed by atoms with van der Waals surface area (Å²) in [6, 6.07) is 63.5. The molecule has 9 heteroatoms. The molecule has 0 aliphatic carbocycles. The summed E-state index contributed by atoms with van der Waals surface area (Å²) in [6.07, 6.45) is 0. The molecule has 0 bridgehead atoms. The van der Waals surface area contributed by atoms with Crippen LogP contribution in [0.25, 0.3) is 0 Å². The largest absolute Gasteiger partial charge is 0.453 e. The Kier molecular flexibility index (Phi) is 5.86. The lowest BCUT2D eigenvalue weighted by Gasteiger charge is -2.54. The third-order valence-electron chi connectivity index (χ3n) is 15.2. The SMILES string of the molecule is c1ccc(N=C2c3ccccc3B3c4cc5c6c7c4N4c8c(cccc8B7c7cccc8c7N6c6c(ccc7c6B5c5ccccc5C7=Nc5ccccc5)O8)Oc5ccc2c3c54)cc1. The van der Waals surface area contributed by atoms with Gasteiger partial charge in [0.1, 0.15) is 0 Å². The fourth-order valence-electron chi connectivity index (χ4n) is 13.0. The third-order valence-corrected chi connectivity index (χ3v) is 15.2. The van der Waals surface area contributed by atoms with Crippen molar-refractivity contribution in [1.82, 2.24) is 0 Å². The Morgan fingerprint density at radius 1 is 0.308 bits per heavy atom. The maximum absolute atomic E-state index is 7.07. The molecule has 65 heavy (non-hydrogen) atoms. The molecule has 8 aliphatic heterocycles. The summed E-state index contributed by atoms with van der Waals surface area (Å²) in [5.41, 5.74) is 27.0. The highest BCUT2D eigenvalue weighted by Gasteiger charge is 2.57. The van der Waals surface area contributed by atoms with Gasteiger partial charge in [-0.1, -0.05) is 126 Å². The summed E-state index contributed by atoms with van der Waals surface area (Å²) in [4.78, 5) is 16.1. The van der Waals surface area contributed by atoms with E-state index >= 15 is 0 Å². The van der Waals surface area contributed by atoms with Crippen LogP contribution in [0.1, 0.15) is 22.3 Å². The molecule has 8 heterocycles. The molecule has 6 nitrogen and oxygen atoms in total. The van der Waals surface area contributed by atoms with E-state index in [2.05, 4.69) is 186 Å². The van der Waals surface area contributed by atoms with Crippen LogP contribution in [0.4, 0.5) is 45.5 Å². The first-order valence-electron chi connectivity index (χ1n) is 22.5. The summed E-state index contributed by atoms with van der Waals surface area (Å²) in [7, 11) is 0. The topological polar surface area (TPSA) is 49.7 Å². The minimum Gasteiger partial charge on any atom is -0.453 e. The van der Waals surface area contributed by atoms with E-state index in [1.165, 1.54) is 60.5 Å². The Balaban J connectivity index is 1.04. The van der Waals surface area contributed by atoms with Gasteiger partial charge in [-0.15, -0.1) is 0 Å². The number of hydrogen-bond donors (Lipinski definition) is 0. The number of hydrogen-bond acceptors (Lipinski definition) is 6. The van der Waals surface area contributed by atoms with Crippen LogP contribution >= 0.6 is 0 Å². The fourth-order valence-corrected chi connectivity index (χ4v) is 13.0. The van der Waals surface area contributed by atoms with Crippen molar-refractivity contribution in [1.29, 1.82) is 0 Å². The fraction of sp³-hybridized carbons (Fsp3) is 0. The maximum atomic E-state index is 7.07. The third kappa shape index (κ3) is 3.87. The van der Waals surface area contributed by atoms with Gasteiger partial charge >= 0.3 is 0 Å². The number of anilines is 6. The lowest BCUT2D eigenvalue weighted by atomic mass is 9.25. The van der Waals surface area contributed by atoms with Crippen molar-refractivity contribution in [2.24, 2.45) is 9.98 Å². The van der Waals surface area contributed by atoms with E-state index in [9.17, 15) is 0 Å². The zero-order chi connectivity index (χ0) is 41.8. The highest BCUT2D eigenvalue weighted by atomic mass is 16.5. The number of para-hydroxylation sites is 4. The normalized spacial score (nSPS) is 16.5. The van der Waals surface area contributed by atoms with E-state index in [1.54, 1.807) is 0 Å². The second kappa shape index (κ2) is 11.4. The quantitative estimate of drug-likeness (QED) is 0.185. The molecule has 0 N–H and O–H groups in total. The van der Waals surface area contributed by atoms with Gasteiger partial charge in [0.2, 0.25) is 13.4 Å². The Morgan fingerprint density at radius 2 is 0.723 bits per heavy atom. The summed E-state index contributed by atoms with van der Waals surface area (Å²) < 4.78 is 14.1. The lowest BCUT2D eigenvalue weighted by molar-refractivity contribution is 0.477. The van der Waals surface area contributed by atoms with Gasteiger partial charge in [-0.25, -0.2) is 9.98 Å². The summed E-state index contributed by atoms with van der Waals surface area (Å²) in [5, 5.41) is 0. The molecule has 0 unspecified atom stereocenters. The van der Waals surface area contributed by atoms with Crippen LogP contribution in [0, 0.1) is 0 Å². The first-order valence-corrected chi connectivity index (χ1v) is 22.5. The van der Waals surface area contributed by atoms with Gasteiger partial charge in [-0.05, 0) is 121 Å². The number of rotatable bonds is 2. The average molecular weight is 822 g/mol. The number of benzene rings is 9. The zero-order valence-corrected chi connectivity index (χ0v) is 34.6. The minimum absolute atomic E-state index is 0.0658. The molecule has 294 valence electrons. The number of aliphatic imine (C=N–C) groups is 2. The molecule has 17 rings (SSSR count). The van der Waals surface area contributed by atoms with Crippen LogP contribution in [-0.2, 0) is 0 Å². The highest BCUT2D eigenvalue weighted by Crippen LogP contribution is 2.57. The second-order valence-corrected chi connectivity index (χ2v) is 18.2. The van der Waals surface area contributed by atoms with Crippen molar-refractivity contribution in [3.63, 3.8) is 0 Å². The molecule has 0 saturated heterocycles. The molecular formula is C56H29B3N4O2. The van der Waals surface area contributed by atoms with E-state index in [-0.39, 0.29) is 20.1 Å². The van der Waals surface area contributed by atoms with Gasteiger partial charge in [0, 0.05) is 11.4 Å². The highest BCUT2D eigenvalue weighted by molar-refractivity contribution is 7.08. The van der Waals surface area contributed by atoms with Crippen molar-refractivity contribution in [2.75, 3.05) is 9.80 Å². The van der Waals surface area contributed by atoms with Crippen LogP contribution in [0.15, 0.2) is 186 Å². The van der Waals surface area contributed by atoms with E-state index < -0.39 is 0 Å². The van der Waals surface area contributed by atoms with Crippen LogP contribution < -0.4 is 68.4 Å².